The van der Waals surface area contributed by atoms with Crippen LogP contribution in [0.3, 0.4) is 0 Å². The number of carbonyl (C=O) groups is 2. The van der Waals surface area contributed by atoms with Crippen LogP contribution >= 0.6 is 11.6 Å². The highest BCUT2D eigenvalue weighted by Gasteiger charge is 2.31. The fraction of sp³-hybridized carbons (Fsp3) is 0.231. The fourth-order valence-corrected chi connectivity index (χ4v) is 6.30. The number of hydrogen-bond donors (Lipinski definition) is 2. The largest absolute Gasteiger partial charge is 0.371 e. The second-order valence-electron chi connectivity index (χ2n) is 8.88. The van der Waals surface area contributed by atoms with E-state index in [1.165, 1.54) is 5.56 Å². The molecule has 0 spiro atoms. The second-order valence-corrected chi connectivity index (χ2v) is 11.4. The number of anilines is 2. The van der Waals surface area contributed by atoms with E-state index in [-0.39, 0.29) is 17.4 Å². The van der Waals surface area contributed by atoms with Gasteiger partial charge in [-0.3, -0.25) is 9.59 Å². The first-order chi connectivity index (χ1) is 16.8. The molecule has 0 saturated carbocycles. The molecule has 2 heterocycles. The summed E-state index contributed by atoms with van der Waals surface area (Å²) in [7, 11) is -3.59. The minimum absolute atomic E-state index is 0.109. The van der Waals surface area contributed by atoms with E-state index >= 15 is 0 Å². The van der Waals surface area contributed by atoms with Gasteiger partial charge in [0.25, 0.3) is 5.91 Å². The molecule has 3 aromatic carbocycles. The molecule has 1 atom stereocenters. The van der Waals surface area contributed by atoms with Gasteiger partial charge < -0.3 is 15.5 Å². The molecule has 35 heavy (non-hydrogen) atoms. The minimum Gasteiger partial charge on any atom is -0.371 e. The Morgan fingerprint density at radius 3 is 2.60 bits per heavy atom. The number of fused-ring (bicyclic) bond motifs is 2. The molecular formula is C26H24ClN3O4S. The van der Waals surface area contributed by atoms with Crippen LogP contribution in [0.15, 0.2) is 66.7 Å². The van der Waals surface area contributed by atoms with Gasteiger partial charge in [0.15, 0.2) is 9.84 Å². The van der Waals surface area contributed by atoms with E-state index < -0.39 is 21.8 Å². The standard InChI is InChI=1S/C26H24ClN3O4S/c27-21-7-3-4-17(12-21)15-35(33,34)16-24-25(31)29-23-13-19(8-9-22(23)28-24)26(32)30-11-10-18-5-1-2-6-20(18)14-30/h1-9,12-13,24,28H,10-11,14-16H2,(H,29,31)/t24-/m1/s1. The van der Waals surface area contributed by atoms with Gasteiger partial charge >= 0.3 is 0 Å². The number of hydrogen-bond acceptors (Lipinski definition) is 5. The van der Waals surface area contributed by atoms with E-state index in [1.807, 2.05) is 18.2 Å². The third-order valence-corrected chi connectivity index (χ3v) is 8.13. The molecule has 5 rings (SSSR count). The number of halogens is 1. The number of nitrogens with one attached hydrogen (secondary N) is 2. The van der Waals surface area contributed by atoms with Gasteiger partial charge in [0.1, 0.15) is 6.04 Å². The maximum Gasteiger partial charge on any atom is 0.254 e. The third kappa shape index (κ3) is 5.18. The van der Waals surface area contributed by atoms with Crippen LogP contribution in [0.1, 0.15) is 27.0 Å². The molecule has 0 fully saturated rings. The summed E-state index contributed by atoms with van der Waals surface area (Å²) in [5.41, 5.74) is 4.47. The maximum atomic E-state index is 13.1. The zero-order chi connectivity index (χ0) is 24.6. The summed E-state index contributed by atoms with van der Waals surface area (Å²) in [4.78, 5) is 27.6. The molecule has 2 aliphatic heterocycles. The Hall–Kier alpha value is -3.36. The van der Waals surface area contributed by atoms with Gasteiger partial charge in [-0.2, -0.15) is 0 Å². The smallest absolute Gasteiger partial charge is 0.254 e. The first kappa shape index (κ1) is 23.4. The lowest BCUT2D eigenvalue weighted by molar-refractivity contribution is -0.116. The fourth-order valence-electron chi connectivity index (χ4n) is 4.54. The molecule has 2 N–H and O–H groups in total. The van der Waals surface area contributed by atoms with Gasteiger partial charge in [0.2, 0.25) is 5.91 Å². The highest BCUT2D eigenvalue weighted by molar-refractivity contribution is 7.90. The molecular weight excluding hydrogens is 486 g/mol. The van der Waals surface area contributed by atoms with Gasteiger partial charge in [0, 0.05) is 23.7 Å². The topological polar surface area (TPSA) is 95.6 Å². The quantitative estimate of drug-likeness (QED) is 0.544. The number of rotatable bonds is 5. The van der Waals surface area contributed by atoms with E-state index in [9.17, 15) is 18.0 Å². The number of sulfone groups is 1. The summed E-state index contributed by atoms with van der Waals surface area (Å²) in [6, 6.07) is 18.9. The highest BCUT2D eigenvalue weighted by Crippen LogP contribution is 2.30. The Morgan fingerprint density at radius 2 is 1.80 bits per heavy atom. The Kier molecular flexibility index (Phi) is 6.25. The average Bonchev–Trinajstić information content (AvgIpc) is 2.83. The normalized spacial score (nSPS) is 17.1. The number of amides is 2. The summed E-state index contributed by atoms with van der Waals surface area (Å²) in [5, 5.41) is 6.24. The molecule has 0 bridgehead atoms. The summed E-state index contributed by atoms with van der Waals surface area (Å²) < 4.78 is 25.5. The van der Waals surface area contributed by atoms with Crippen molar-refractivity contribution in [3.63, 3.8) is 0 Å². The van der Waals surface area contributed by atoms with Gasteiger partial charge in [-0.15, -0.1) is 0 Å². The van der Waals surface area contributed by atoms with E-state index in [1.54, 1.807) is 47.4 Å². The first-order valence-corrected chi connectivity index (χ1v) is 13.5. The zero-order valence-corrected chi connectivity index (χ0v) is 20.4. The van der Waals surface area contributed by atoms with Crippen LogP contribution in [0.5, 0.6) is 0 Å². The van der Waals surface area contributed by atoms with Crippen molar-refractivity contribution in [2.45, 2.75) is 24.8 Å². The molecule has 0 radical (unpaired) electrons. The predicted octanol–water partition coefficient (Wildman–Crippen LogP) is 3.89. The highest BCUT2D eigenvalue weighted by atomic mass is 35.5. The number of carbonyl (C=O) groups excluding carboxylic acids is 2. The number of nitrogens with zero attached hydrogens (tertiary/aromatic N) is 1. The lowest BCUT2D eigenvalue weighted by Crippen LogP contribution is -2.44. The molecule has 9 heteroatoms. The first-order valence-electron chi connectivity index (χ1n) is 11.3. The predicted molar refractivity (Wildman–Crippen MR) is 136 cm³/mol. The minimum atomic E-state index is -3.59. The van der Waals surface area contributed by atoms with Crippen LogP contribution in [0.4, 0.5) is 11.4 Å². The molecule has 3 aromatic rings. The van der Waals surface area contributed by atoms with E-state index in [4.69, 9.17) is 11.6 Å². The van der Waals surface area contributed by atoms with Crippen molar-refractivity contribution in [2.24, 2.45) is 0 Å². The van der Waals surface area contributed by atoms with Crippen LogP contribution in [0.25, 0.3) is 0 Å². The molecule has 0 aliphatic carbocycles. The zero-order valence-electron chi connectivity index (χ0n) is 18.8. The Labute approximate surface area is 209 Å². The third-order valence-electron chi connectivity index (χ3n) is 6.28. The Morgan fingerprint density at radius 1 is 1.00 bits per heavy atom. The van der Waals surface area contributed by atoms with Crippen molar-refractivity contribution in [3.05, 3.63) is 94.0 Å². The van der Waals surface area contributed by atoms with Crippen LogP contribution in [-0.2, 0) is 33.4 Å². The van der Waals surface area contributed by atoms with Crippen molar-refractivity contribution >= 4 is 44.6 Å². The Bertz CT molecular complexity index is 1420. The molecule has 2 aliphatic rings. The van der Waals surface area contributed by atoms with Crippen molar-refractivity contribution < 1.29 is 18.0 Å². The molecule has 0 aromatic heterocycles. The van der Waals surface area contributed by atoms with Crippen molar-refractivity contribution in [2.75, 3.05) is 22.9 Å². The van der Waals surface area contributed by atoms with E-state index in [2.05, 4.69) is 16.7 Å². The Balaban J connectivity index is 1.28. The van der Waals surface area contributed by atoms with Crippen LogP contribution in [-0.4, -0.2) is 43.5 Å². The van der Waals surface area contributed by atoms with Gasteiger partial charge in [0.05, 0.1) is 22.9 Å². The van der Waals surface area contributed by atoms with Crippen LogP contribution in [0.2, 0.25) is 5.02 Å². The van der Waals surface area contributed by atoms with Crippen LogP contribution < -0.4 is 10.6 Å². The summed E-state index contributed by atoms with van der Waals surface area (Å²) in [5.74, 6) is -1.14. The molecule has 2 amide bonds. The molecule has 180 valence electrons. The maximum absolute atomic E-state index is 13.1. The van der Waals surface area contributed by atoms with Crippen molar-refractivity contribution in [1.82, 2.24) is 4.90 Å². The summed E-state index contributed by atoms with van der Waals surface area (Å²) in [6.07, 6.45) is 0.802. The van der Waals surface area contributed by atoms with Crippen molar-refractivity contribution in [1.29, 1.82) is 0 Å². The molecule has 7 nitrogen and oxygen atoms in total. The average molecular weight is 510 g/mol. The summed E-state index contributed by atoms with van der Waals surface area (Å²) in [6.45, 7) is 1.17. The van der Waals surface area contributed by atoms with Gasteiger partial charge in [-0.05, 0) is 53.4 Å². The number of benzene rings is 3. The lowest BCUT2D eigenvalue weighted by Gasteiger charge is -2.30. The summed E-state index contributed by atoms with van der Waals surface area (Å²) >= 11 is 5.95. The molecule has 0 saturated heterocycles. The van der Waals surface area contributed by atoms with E-state index in [0.717, 1.165) is 12.0 Å². The van der Waals surface area contributed by atoms with E-state index in [0.29, 0.717) is 40.6 Å². The second kappa shape index (κ2) is 9.36. The van der Waals surface area contributed by atoms with Crippen LogP contribution in [0, 0.1) is 0 Å². The van der Waals surface area contributed by atoms with Gasteiger partial charge in [-0.1, -0.05) is 48.0 Å². The SMILES string of the molecule is O=C1Nc2cc(C(=O)N3CCc4ccccc4C3)ccc2N[C@@H]1CS(=O)(=O)Cc1cccc(Cl)c1. The molecule has 0 unspecified atom stereocenters. The monoisotopic (exact) mass is 509 g/mol. The lowest BCUT2D eigenvalue weighted by atomic mass is 9.99. The van der Waals surface area contributed by atoms with Crippen molar-refractivity contribution in [3.8, 4) is 0 Å². The van der Waals surface area contributed by atoms with Gasteiger partial charge in [-0.25, -0.2) is 8.42 Å².